The van der Waals surface area contributed by atoms with Gasteiger partial charge in [-0.15, -0.1) is 0 Å². The Balaban J connectivity index is 1.79. The van der Waals surface area contributed by atoms with Crippen LogP contribution in [0.5, 0.6) is 0 Å². The normalized spacial score (nSPS) is 19.0. The summed E-state index contributed by atoms with van der Waals surface area (Å²) in [7, 11) is 0. The Bertz CT molecular complexity index is 1200. The topological polar surface area (TPSA) is 72.2 Å². The van der Waals surface area contributed by atoms with Gasteiger partial charge in [-0.05, 0) is 12.1 Å². The predicted octanol–water partition coefficient (Wildman–Crippen LogP) is 4.61. The lowest BCUT2D eigenvalue weighted by atomic mass is 9.89. The molecule has 0 fully saturated rings. The van der Waals surface area contributed by atoms with Crippen LogP contribution < -0.4 is 0 Å². The number of nitrogens with zero attached hydrogens (tertiary/aromatic N) is 2. The van der Waals surface area contributed by atoms with Gasteiger partial charge in [-0.1, -0.05) is 36.4 Å². The van der Waals surface area contributed by atoms with Crippen molar-refractivity contribution in [3.05, 3.63) is 84.5 Å². The van der Waals surface area contributed by atoms with E-state index < -0.39 is 0 Å². The number of rotatable bonds is 2. The number of benzene rings is 2. The van der Waals surface area contributed by atoms with Gasteiger partial charge in [0.15, 0.2) is 0 Å². The highest BCUT2D eigenvalue weighted by molar-refractivity contribution is 5.88. The minimum absolute atomic E-state index is 0.0745. The predicted molar refractivity (Wildman–Crippen MR) is 116 cm³/mol. The average Bonchev–Trinajstić information content (AvgIpc) is 3.36. The number of carbonyl (C=O) groups excluding carboxylic acids is 2. The van der Waals surface area contributed by atoms with Gasteiger partial charge in [0.2, 0.25) is 11.8 Å². The number of hydrogen-bond donors (Lipinski definition) is 2. The molecule has 0 bridgehead atoms. The largest absolute Gasteiger partial charge is 0.361 e. The molecule has 1 aliphatic heterocycles. The van der Waals surface area contributed by atoms with E-state index in [4.69, 9.17) is 0 Å². The molecular formula is C24H22N4O2. The second-order valence-corrected chi connectivity index (χ2v) is 7.62. The number of aromatic amines is 2. The van der Waals surface area contributed by atoms with E-state index in [9.17, 15) is 9.59 Å². The fourth-order valence-electron chi connectivity index (χ4n) is 4.55. The van der Waals surface area contributed by atoms with Gasteiger partial charge in [-0.25, -0.2) is 0 Å². The molecule has 30 heavy (non-hydrogen) atoms. The number of H-pyrrole nitrogens is 2. The lowest BCUT2D eigenvalue weighted by molar-refractivity contribution is -0.136. The van der Waals surface area contributed by atoms with Crippen molar-refractivity contribution in [2.24, 2.45) is 0 Å². The highest BCUT2D eigenvalue weighted by atomic mass is 16.2. The number of aromatic nitrogens is 2. The van der Waals surface area contributed by atoms with Crippen LogP contribution in [0.15, 0.2) is 73.3 Å². The summed E-state index contributed by atoms with van der Waals surface area (Å²) >= 11 is 0. The third-order valence-corrected chi connectivity index (χ3v) is 5.89. The van der Waals surface area contributed by atoms with Crippen LogP contribution in [0, 0.1) is 0 Å². The van der Waals surface area contributed by atoms with Crippen LogP contribution >= 0.6 is 0 Å². The highest BCUT2D eigenvalue weighted by Crippen LogP contribution is 2.45. The molecule has 2 amide bonds. The highest BCUT2D eigenvalue weighted by Gasteiger charge is 2.40. The average molecular weight is 398 g/mol. The number of hydrogen-bond acceptors (Lipinski definition) is 2. The number of fused-ring (bicyclic) bond motifs is 2. The summed E-state index contributed by atoms with van der Waals surface area (Å²) in [4.78, 5) is 35.4. The van der Waals surface area contributed by atoms with Crippen molar-refractivity contribution in [1.29, 1.82) is 0 Å². The van der Waals surface area contributed by atoms with Crippen molar-refractivity contribution in [2.75, 3.05) is 0 Å². The Morgan fingerprint density at radius 1 is 0.700 bits per heavy atom. The fraction of sp³-hybridized carbons (Fsp3) is 0.167. The zero-order chi connectivity index (χ0) is 20.8. The summed E-state index contributed by atoms with van der Waals surface area (Å²) in [6.07, 6.45) is 7.32. The quantitative estimate of drug-likeness (QED) is 0.517. The molecule has 150 valence electrons. The molecule has 2 aromatic carbocycles. The minimum Gasteiger partial charge on any atom is -0.361 e. The smallest absolute Gasteiger partial charge is 0.224 e. The van der Waals surface area contributed by atoms with E-state index in [0.717, 1.165) is 32.9 Å². The summed E-state index contributed by atoms with van der Waals surface area (Å²) in [5.74, 6) is -0.149. The van der Waals surface area contributed by atoms with Gasteiger partial charge >= 0.3 is 0 Å². The van der Waals surface area contributed by atoms with Gasteiger partial charge < -0.3 is 19.8 Å². The molecule has 6 nitrogen and oxygen atoms in total. The maximum absolute atomic E-state index is 12.6. The van der Waals surface area contributed by atoms with Crippen molar-refractivity contribution in [1.82, 2.24) is 19.8 Å². The Morgan fingerprint density at radius 3 is 1.50 bits per heavy atom. The molecule has 0 saturated carbocycles. The van der Waals surface area contributed by atoms with Crippen LogP contribution in [0.2, 0.25) is 0 Å². The summed E-state index contributed by atoms with van der Waals surface area (Å²) in [6, 6.07) is 15.3. The number of para-hydroxylation sites is 2. The van der Waals surface area contributed by atoms with Crippen molar-refractivity contribution < 1.29 is 9.59 Å². The first-order chi connectivity index (χ1) is 14.6. The van der Waals surface area contributed by atoms with Crippen molar-refractivity contribution in [2.45, 2.75) is 25.9 Å². The molecule has 6 heteroatoms. The van der Waals surface area contributed by atoms with E-state index in [1.165, 1.54) is 0 Å². The second kappa shape index (κ2) is 6.91. The Hall–Kier alpha value is -3.80. The van der Waals surface area contributed by atoms with Crippen LogP contribution in [0.25, 0.3) is 21.8 Å². The summed E-state index contributed by atoms with van der Waals surface area (Å²) in [5, 5.41) is 2.08. The third kappa shape index (κ3) is 2.72. The van der Waals surface area contributed by atoms with Gasteiger partial charge in [-0.2, -0.15) is 0 Å². The number of carbonyl (C=O) groups is 2. The first-order valence-electron chi connectivity index (χ1n) is 9.94. The lowest BCUT2D eigenvalue weighted by Crippen LogP contribution is -2.44. The molecular weight excluding hydrogens is 376 g/mol. The van der Waals surface area contributed by atoms with Gasteiger partial charge in [0.1, 0.15) is 0 Å². The zero-order valence-corrected chi connectivity index (χ0v) is 16.8. The Morgan fingerprint density at radius 2 is 1.10 bits per heavy atom. The first-order valence-corrected chi connectivity index (χ1v) is 9.94. The first kappa shape index (κ1) is 18.2. The molecule has 2 N–H and O–H groups in total. The standard InChI is InChI=1S/C24H22N4O2/c1-15(29)27-11-12-28(16(2)30)24(20-14-26-22-10-6-4-8-18(20)22)23(27)19-13-25-21-9-5-3-7-17(19)21/h3-14,23-26H,1-2H3. The molecule has 2 unspecified atom stereocenters. The molecule has 2 atom stereocenters. The van der Waals surface area contributed by atoms with Crippen molar-refractivity contribution >= 4 is 33.6 Å². The minimum atomic E-state index is -0.369. The lowest BCUT2D eigenvalue weighted by Gasteiger charge is -2.43. The van der Waals surface area contributed by atoms with E-state index in [-0.39, 0.29) is 23.9 Å². The number of nitrogens with one attached hydrogen (secondary N) is 2. The van der Waals surface area contributed by atoms with E-state index in [1.807, 2.05) is 60.9 Å². The van der Waals surface area contributed by atoms with E-state index in [2.05, 4.69) is 9.97 Å². The molecule has 5 rings (SSSR count). The molecule has 0 spiro atoms. The summed E-state index contributed by atoms with van der Waals surface area (Å²) in [6.45, 7) is 3.11. The SMILES string of the molecule is CC(=O)N1C=CN(C(C)=O)C(c2c[nH]c3ccccc23)C1c1c[nH]c2ccccc12. The zero-order valence-electron chi connectivity index (χ0n) is 16.8. The summed E-state index contributed by atoms with van der Waals surface area (Å²) in [5.41, 5.74) is 3.95. The van der Waals surface area contributed by atoms with Gasteiger partial charge in [0.25, 0.3) is 0 Å². The molecule has 0 saturated heterocycles. The molecule has 3 heterocycles. The van der Waals surface area contributed by atoms with Gasteiger partial charge in [-0.3, -0.25) is 9.59 Å². The Kier molecular flexibility index (Phi) is 4.20. The number of amides is 2. The van der Waals surface area contributed by atoms with Gasteiger partial charge in [0.05, 0.1) is 12.1 Å². The monoisotopic (exact) mass is 398 g/mol. The maximum atomic E-state index is 12.6. The molecule has 0 radical (unpaired) electrons. The van der Waals surface area contributed by atoms with E-state index in [1.54, 1.807) is 36.0 Å². The Labute approximate surface area is 173 Å². The van der Waals surface area contributed by atoms with Crippen molar-refractivity contribution in [3.63, 3.8) is 0 Å². The van der Waals surface area contributed by atoms with E-state index >= 15 is 0 Å². The van der Waals surface area contributed by atoms with Crippen LogP contribution in [-0.2, 0) is 9.59 Å². The third-order valence-electron chi connectivity index (χ3n) is 5.89. The summed E-state index contributed by atoms with van der Waals surface area (Å²) < 4.78 is 0. The fourth-order valence-corrected chi connectivity index (χ4v) is 4.55. The van der Waals surface area contributed by atoms with E-state index in [0.29, 0.717) is 0 Å². The second-order valence-electron chi connectivity index (χ2n) is 7.62. The molecule has 4 aromatic rings. The van der Waals surface area contributed by atoms with Gasteiger partial charge in [0, 0.05) is 71.6 Å². The van der Waals surface area contributed by atoms with Crippen LogP contribution in [-0.4, -0.2) is 31.6 Å². The maximum Gasteiger partial charge on any atom is 0.224 e. The van der Waals surface area contributed by atoms with Crippen LogP contribution in [0.4, 0.5) is 0 Å². The van der Waals surface area contributed by atoms with Crippen LogP contribution in [0.1, 0.15) is 37.1 Å². The van der Waals surface area contributed by atoms with Crippen LogP contribution in [0.3, 0.4) is 0 Å². The molecule has 0 aliphatic carbocycles. The molecule has 1 aliphatic rings. The van der Waals surface area contributed by atoms with Crippen molar-refractivity contribution in [3.8, 4) is 0 Å². The molecule has 2 aromatic heterocycles.